The van der Waals surface area contributed by atoms with Crippen molar-refractivity contribution in [2.24, 2.45) is 0 Å². The molecule has 1 N–H and O–H groups in total. The summed E-state index contributed by atoms with van der Waals surface area (Å²) in [6.07, 6.45) is 3.38. The topological polar surface area (TPSA) is 54.5 Å². The van der Waals surface area contributed by atoms with Crippen LogP contribution in [0.15, 0.2) is 48.7 Å². The molecule has 2 aromatic rings. The maximum atomic E-state index is 12.6. The zero-order chi connectivity index (χ0) is 17.9. The van der Waals surface area contributed by atoms with Gasteiger partial charge in [-0.05, 0) is 51.8 Å². The number of hydrogen-bond acceptors (Lipinski definition) is 4. The maximum Gasteiger partial charge on any atom is 0.410 e. The van der Waals surface area contributed by atoms with E-state index in [0.29, 0.717) is 6.54 Å². The van der Waals surface area contributed by atoms with Crippen molar-refractivity contribution in [2.45, 2.75) is 45.3 Å². The molecule has 5 nitrogen and oxygen atoms in total. The fourth-order valence-electron chi connectivity index (χ4n) is 3.08. The van der Waals surface area contributed by atoms with Crippen molar-refractivity contribution in [1.29, 1.82) is 0 Å². The molecular weight excluding hydrogens is 314 g/mol. The number of benzene rings is 1. The normalized spacial score (nSPS) is 17.4. The van der Waals surface area contributed by atoms with Gasteiger partial charge in [0.15, 0.2) is 0 Å². The maximum absolute atomic E-state index is 12.6. The average molecular weight is 339 g/mol. The molecule has 0 saturated carbocycles. The van der Waals surface area contributed by atoms with Crippen molar-refractivity contribution in [3.8, 4) is 0 Å². The number of nitrogens with one attached hydrogen (secondary N) is 1. The van der Waals surface area contributed by atoms with Crippen molar-refractivity contribution in [2.75, 3.05) is 11.9 Å². The van der Waals surface area contributed by atoms with Crippen LogP contribution in [-0.4, -0.2) is 28.1 Å². The Hall–Kier alpha value is -2.56. The number of ether oxygens (including phenoxy) is 1. The van der Waals surface area contributed by atoms with Gasteiger partial charge in [-0.25, -0.2) is 9.78 Å². The van der Waals surface area contributed by atoms with Gasteiger partial charge >= 0.3 is 6.09 Å². The van der Waals surface area contributed by atoms with Crippen molar-refractivity contribution in [3.63, 3.8) is 0 Å². The lowest BCUT2D eigenvalue weighted by Crippen LogP contribution is -2.36. The summed E-state index contributed by atoms with van der Waals surface area (Å²) in [7, 11) is 0. The highest BCUT2D eigenvalue weighted by atomic mass is 16.6. The summed E-state index contributed by atoms with van der Waals surface area (Å²) in [6, 6.07) is 13.9. The molecule has 1 fully saturated rings. The van der Waals surface area contributed by atoms with Gasteiger partial charge in [0.25, 0.3) is 0 Å². The highest BCUT2D eigenvalue weighted by molar-refractivity contribution is 5.70. The third-order valence-corrected chi connectivity index (χ3v) is 4.12. The molecule has 0 unspecified atom stereocenters. The minimum atomic E-state index is -0.496. The Labute approximate surface area is 149 Å². The molecule has 1 amide bonds. The van der Waals surface area contributed by atoms with Crippen molar-refractivity contribution >= 4 is 17.6 Å². The number of aromatic nitrogens is 1. The van der Waals surface area contributed by atoms with Crippen LogP contribution in [0.5, 0.6) is 0 Å². The molecule has 25 heavy (non-hydrogen) atoms. The van der Waals surface area contributed by atoms with Gasteiger partial charge in [-0.1, -0.05) is 24.3 Å². The molecule has 2 heterocycles. The second kappa shape index (κ2) is 7.13. The molecule has 132 valence electrons. The number of carbonyl (C=O) groups is 1. The number of anilines is 2. The van der Waals surface area contributed by atoms with Crippen LogP contribution in [0.3, 0.4) is 0 Å². The van der Waals surface area contributed by atoms with Crippen LogP contribution in [0.4, 0.5) is 16.3 Å². The van der Waals surface area contributed by atoms with E-state index < -0.39 is 5.60 Å². The van der Waals surface area contributed by atoms with Gasteiger partial charge in [0.05, 0.1) is 6.04 Å². The van der Waals surface area contributed by atoms with Gasteiger partial charge in [0, 0.05) is 24.0 Å². The Morgan fingerprint density at radius 2 is 1.96 bits per heavy atom. The van der Waals surface area contributed by atoms with E-state index in [1.807, 2.05) is 68.1 Å². The third kappa shape index (κ3) is 4.29. The summed E-state index contributed by atoms with van der Waals surface area (Å²) < 4.78 is 5.58. The van der Waals surface area contributed by atoms with E-state index in [2.05, 4.69) is 10.3 Å². The van der Waals surface area contributed by atoms with Crippen LogP contribution >= 0.6 is 0 Å². The molecular formula is C20H25N3O2. The molecule has 0 aliphatic carbocycles. The molecule has 3 rings (SSSR count). The zero-order valence-electron chi connectivity index (χ0n) is 15.0. The fraction of sp³-hybridized carbons (Fsp3) is 0.400. The second-order valence-electron chi connectivity index (χ2n) is 7.26. The highest BCUT2D eigenvalue weighted by Gasteiger charge is 2.34. The smallest absolute Gasteiger partial charge is 0.410 e. The van der Waals surface area contributed by atoms with Gasteiger partial charge < -0.3 is 15.0 Å². The monoisotopic (exact) mass is 339 g/mol. The van der Waals surface area contributed by atoms with E-state index in [1.165, 1.54) is 0 Å². The predicted octanol–water partition coefficient (Wildman–Crippen LogP) is 4.90. The van der Waals surface area contributed by atoms with Crippen LogP contribution in [-0.2, 0) is 4.74 Å². The van der Waals surface area contributed by atoms with Crippen LogP contribution < -0.4 is 5.32 Å². The Morgan fingerprint density at radius 1 is 1.20 bits per heavy atom. The standard InChI is InChI=1S/C20H25N3O2/c1-20(2,3)25-19(24)23-14-8-12-17(23)16-11-7-13-21-18(16)22-15-9-5-4-6-10-15/h4-7,9-11,13,17H,8,12,14H2,1-3H3,(H,21,22)/t17-/m1/s1. The molecule has 0 bridgehead atoms. The van der Waals surface area contributed by atoms with Gasteiger partial charge in [-0.3, -0.25) is 0 Å². The number of amides is 1. The molecule has 1 aliphatic heterocycles. The number of carbonyl (C=O) groups excluding carboxylic acids is 1. The minimum Gasteiger partial charge on any atom is -0.444 e. The Kier molecular flexibility index (Phi) is 4.93. The Bertz CT molecular complexity index is 725. The highest BCUT2D eigenvalue weighted by Crippen LogP contribution is 2.36. The molecule has 1 aromatic carbocycles. The van der Waals surface area contributed by atoms with E-state index in [1.54, 1.807) is 6.20 Å². The largest absolute Gasteiger partial charge is 0.444 e. The van der Waals surface area contributed by atoms with Crippen LogP contribution in [0.2, 0.25) is 0 Å². The molecule has 1 aliphatic rings. The first-order chi connectivity index (χ1) is 11.9. The van der Waals surface area contributed by atoms with Crippen LogP contribution in [0, 0.1) is 0 Å². The summed E-state index contributed by atoms with van der Waals surface area (Å²) in [5, 5.41) is 3.37. The zero-order valence-corrected chi connectivity index (χ0v) is 15.0. The Morgan fingerprint density at radius 3 is 2.68 bits per heavy atom. The van der Waals surface area contributed by atoms with Gasteiger partial charge in [0.1, 0.15) is 11.4 Å². The first kappa shape index (κ1) is 17.3. The number of likely N-dealkylation sites (tertiary alicyclic amines) is 1. The van der Waals surface area contributed by atoms with E-state index in [0.717, 1.165) is 29.9 Å². The summed E-state index contributed by atoms with van der Waals surface area (Å²) >= 11 is 0. The molecule has 0 spiro atoms. The first-order valence-corrected chi connectivity index (χ1v) is 8.71. The average Bonchev–Trinajstić information content (AvgIpc) is 3.04. The molecule has 1 atom stereocenters. The van der Waals surface area contributed by atoms with Crippen molar-refractivity contribution in [1.82, 2.24) is 9.88 Å². The fourth-order valence-corrected chi connectivity index (χ4v) is 3.08. The van der Waals surface area contributed by atoms with Gasteiger partial charge in [-0.2, -0.15) is 0 Å². The summed E-state index contributed by atoms with van der Waals surface area (Å²) in [4.78, 5) is 18.9. The number of pyridine rings is 1. The lowest BCUT2D eigenvalue weighted by molar-refractivity contribution is 0.0225. The number of rotatable bonds is 3. The van der Waals surface area contributed by atoms with E-state index in [4.69, 9.17) is 4.74 Å². The quantitative estimate of drug-likeness (QED) is 0.864. The first-order valence-electron chi connectivity index (χ1n) is 8.71. The molecule has 5 heteroatoms. The third-order valence-electron chi connectivity index (χ3n) is 4.12. The summed E-state index contributed by atoms with van der Waals surface area (Å²) in [5.74, 6) is 0.786. The lowest BCUT2D eigenvalue weighted by Gasteiger charge is -2.29. The molecule has 1 aromatic heterocycles. The Balaban J connectivity index is 1.84. The van der Waals surface area contributed by atoms with Gasteiger partial charge in [-0.15, -0.1) is 0 Å². The van der Waals surface area contributed by atoms with E-state index in [-0.39, 0.29) is 12.1 Å². The molecule has 0 radical (unpaired) electrons. The minimum absolute atomic E-state index is 0.0187. The van der Waals surface area contributed by atoms with Gasteiger partial charge in [0.2, 0.25) is 0 Å². The van der Waals surface area contributed by atoms with Crippen molar-refractivity contribution in [3.05, 3.63) is 54.2 Å². The number of para-hydroxylation sites is 1. The summed E-state index contributed by atoms with van der Waals surface area (Å²) in [5.41, 5.74) is 1.50. The SMILES string of the molecule is CC(C)(C)OC(=O)N1CCC[C@@H]1c1cccnc1Nc1ccccc1. The van der Waals surface area contributed by atoms with Crippen LogP contribution in [0.25, 0.3) is 0 Å². The van der Waals surface area contributed by atoms with E-state index >= 15 is 0 Å². The van der Waals surface area contributed by atoms with Crippen LogP contribution in [0.1, 0.15) is 45.2 Å². The lowest BCUT2D eigenvalue weighted by atomic mass is 10.1. The summed E-state index contributed by atoms with van der Waals surface area (Å²) in [6.45, 7) is 6.38. The number of hydrogen-bond donors (Lipinski definition) is 1. The van der Waals surface area contributed by atoms with E-state index in [9.17, 15) is 4.79 Å². The van der Waals surface area contributed by atoms with Crippen molar-refractivity contribution < 1.29 is 9.53 Å². The molecule has 1 saturated heterocycles. The second-order valence-corrected chi connectivity index (χ2v) is 7.26. The number of nitrogens with zero attached hydrogens (tertiary/aromatic N) is 2. The predicted molar refractivity (Wildman–Crippen MR) is 98.9 cm³/mol.